The Labute approximate surface area is 47.9 Å². The van der Waals surface area contributed by atoms with Gasteiger partial charge in [0.15, 0.2) is 0 Å². The molecule has 1 unspecified atom stereocenters. The molecule has 0 aromatic carbocycles. The minimum Gasteiger partial charge on any atom is -0.290 e. The maximum Gasteiger partial charge on any atom is 0.146 e. The van der Waals surface area contributed by atoms with Crippen molar-refractivity contribution in [3.63, 3.8) is 0 Å². The summed E-state index contributed by atoms with van der Waals surface area (Å²) in [6.45, 7) is 1.78. The highest BCUT2D eigenvalue weighted by Crippen LogP contribution is 2.13. The monoisotopic (exact) mass is 113 g/mol. The summed E-state index contributed by atoms with van der Waals surface area (Å²) in [6.07, 6.45) is 4.75. The van der Waals surface area contributed by atoms with E-state index in [2.05, 4.69) is 4.99 Å². The van der Waals surface area contributed by atoms with Gasteiger partial charge < -0.3 is 0 Å². The quantitative estimate of drug-likeness (QED) is 0.449. The first-order valence-corrected chi connectivity index (χ1v) is 2.57. The molecule has 0 aromatic heterocycles. The molecule has 0 N–H and O–H groups in total. The van der Waals surface area contributed by atoms with Crippen LogP contribution in [-0.4, -0.2) is 18.4 Å². The molecule has 44 valence electrons. The maximum absolute atomic E-state index is 12.7. The Balaban J connectivity index is 2.65. The Hall–Kier alpha value is -0.660. The van der Waals surface area contributed by atoms with Gasteiger partial charge in [0.25, 0.3) is 0 Å². The molecule has 2 heteroatoms. The molecular formula is C6H8FN. The third-order valence-corrected chi connectivity index (χ3v) is 1.04. The van der Waals surface area contributed by atoms with Gasteiger partial charge >= 0.3 is 0 Å². The fraction of sp³-hybridized carbons (Fsp3) is 0.500. The van der Waals surface area contributed by atoms with Crippen molar-refractivity contribution in [2.45, 2.75) is 12.6 Å². The molecule has 1 aliphatic rings. The molecule has 0 radical (unpaired) electrons. The summed E-state index contributed by atoms with van der Waals surface area (Å²) in [4.78, 5) is 3.74. The molecule has 8 heavy (non-hydrogen) atoms. The van der Waals surface area contributed by atoms with Crippen molar-refractivity contribution in [1.29, 1.82) is 0 Å². The molecule has 0 aliphatic carbocycles. The summed E-state index contributed by atoms with van der Waals surface area (Å²) < 4.78 is 12.7. The number of hydrogen-bond acceptors (Lipinski definition) is 1. The average molecular weight is 113 g/mol. The molecule has 0 amide bonds. The number of dihydropyridines is 1. The summed E-state index contributed by atoms with van der Waals surface area (Å²) in [5.74, 6) is 0. The minimum atomic E-state index is -1.20. The predicted octanol–water partition coefficient (Wildman–Crippen LogP) is 1.36. The van der Waals surface area contributed by atoms with Crippen molar-refractivity contribution >= 4 is 6.21 Å². The van der Waals surface area contributed by atoms with Gasteiger partial charge in [-0.05, 0) is 19.1 Å². The van der Waals surface area contributed by atoms with Gasteiger partial charge in [-0.1, -0.05) is 0 Å². The first-order chi connectivity index (χ1) is 3.71. The Morgan fingerprint density at radius 1 is 1.75 bits per heavy atom. The highest BCUT2D eigenvalue weighted by Gasteiger charge is 2.18. The molecule has 1 heterocycles. The smallest absolute Gasteiger partial charge is 0.146 e. The molecule has 0 aromatic rings. The van der Waals surface area contributed by atoms with E-state index >= 15 is 0 Å². The van der Waals surface area contributed by atoms with Crippen LogP contribution in [0.2, 0.25) is 0 Å². The molecule has 1 rings (SSSR count). The lowest BCUT2D eigenvalue weighted by molar-refractivity contribution is 0.267. The number of nitrogens with zero attached hydrogens (tertiary/aromatic N) is 1. The minimum absolute atomic E-state index is 0.267. The third-order valence-electron chi connectivity index (χ3n) is 1.04. The second kappa shape index (κ2) is 1.69. The summed E-state index contributed by atoms with van der Waals surface area (Å²) >= 11 is 0. The lowest BCUT2D eigenvalue weighted by Crippen LogP contribution is -2.20. The number of alkyl halides is 1. The average Bonchev–Trinajstić information content (AvgIpc) is 1.65. The van der Waals surface area contributed by atoms with Crippen LogP contribution in [0.4, 0.5) is 4.39 Å². The zero-order chi connectivity index (χ0) is 6.04. The highest BCUT2D eigenvalue weighted by atomic mass is 19.1. The fourth-order valence-corrected chi connectivity index (χ4v) is 0.588. The fourth-order valence-electron chi connectivity index (χ4n) is 0.588. The van der Waals surface area contributed by atoms with Gasteiger partial charge in [0, 0.05) is 6.21 Å². The van der Waals surface area contributed by atoms with Crippen LogP contribution in [0, 0.1) is 0 Å². The number of rotatable bonds is 0. The van der Waals surface area contributed by atoms with Crippen LogP contribution in [0.5, 0.6) is 0 Å². The van der Waals surface area contributed by atoms with E-state index in [0.717, 1.165) is 0 Å². The lowest BCUT2D eigenvalue weighted by Gasteiger charge is -2.13. The van der Waals surface area contributed by atoms with E-state index in [-0.39, 0.29) is 6.54 Å². The molecule has 1 nitrogen and oxygen atoms in total. The number of hydrogen-bond donors (Lipinski definition) is 0. The second-order valence-electron chi connectivity index (χ2n) is 2.13. The van der Waals surface area contributed by atoms with Crippen LogP contribution in [0.1, 0.15) is 6.92 Å². The van der Waals surface area contributed by atoms with Crippen LogP contribution >= 0.6 is 0 Å². The molecule has 0 saturated heterocycles. The maximum atomic E-state index is 12.7. The van der Waals surface area contributed by atoms with Gasteiger partial charge in [-0.25, -0.2) is 4.39 Å². The highest BCUT2D eigenvalue weighted by molar-refractivity contribution is 5.72. The summed E-state index contributed by atoms with van der Waals surface area (Å²) in [5, 5.41) is 0. The van der Waals surface area contributed by atoms with E-state index in [1.807, 2.05) is 0 Å². The Bertz CT molecular complexity index is 135. The Morgan fingerprint density at radius 3 is 2.75 bits per heavy atom. The normalized spacial score (nSPS) is 35.8. The van der Waals surface area contributed by atoms with Crippen molar-refractivity contribution in [3.05, 3.63) is 12.2 Å². The van der Waals surface area contributed by atoms with Crippen molar-refractivity contribution < 1.29 is 4.39 Å². The van der Waals surface area contributed by atoms with Crippen LogP contribution in [-0.2, 0) is 0 Å². The molecule has 0 spiro atoms. The third kappa shape index (κ3) is 1.15. The number of allylic oxidation sites excluding steroid dienone is 1. The van der Waals surface area contributed by atoms with Gasteiger partial charge in [0.1, 0.15) is 5.67 Å². The van der Waals surface area contributed by atoms with Crippen LogP contribution in [0.25, 0.3) is 0 Å². The molecule has 0 saturated carbocycles. The topological polar surface area (TPSA) is 12.4 Å². The van der Waals surface area contributed by atoms with Crippen LogP contribution in [0.3, 0.4) is 0 Å². The number of halogens is 1. The van der Waals surface area contributed by atoms with Crippen molar-refractivity contribution in [2.24, 2.45) is 4.99 Å². The van der Waals surface area contributed by atoms with Gasteiger partial charge in [-0.3, -0.25) is 4.99 Å². The Morgan fingerprint density at radius 2 is 2.50 bits per heavy atom. The van der Waals surface area contributed by atoms with E-state index in [9.17, 15) is 4.39 Å². The number of aliphatic imine (C=N–C) groups is 1. The molecule has 0 bridgehead atoms. The van der Waals surface area contributed by atoms with Gasteiger partial charge in [-0.15, -0.1) is 0 Å². The van der Waals surface area contributed by atoms with Crippen molar-refractivity contribution in [1.82, 2.24) is 0 Å². The molecular weight excluding hydrogens is 105 g/mol. The van der Waals surface area contributed by atoms with E-state index < -0.39 is 5.67 Å². The van der Waals surface area contributed by atoms with E-state index in [4.69, 9.17) is 0 Å². The summed E-state index contributed by atoms with van der Waals surface area (Å²) in [6, 6.07) is 0. The van der Waals surface area contributed by atoms with Crippen molar-refractivity contribution in [2.75, 3.05) is 6.54 Å². The zero-order valence-electron chi connectivity index (χ0n) is 4.76. The SMILES string of the molecule is CC1(F)C=CC=NC1. The molecule has 1 atom stereocenters. The largest absolute Gasteiger partial charge is 0.290 e. The molecule has 1 aliphatic heterocycles. The second-order valence-corrected chi connectivity index (χ2v) is 2.13. The van der Waals surface area contributed by atoms with E-state index in [0.29, 0.717) is 0 Å². The van der Waals surface area contributed by atoms with Crippen molar-refractivity contribution in [3.8, 4) is 0 Å². The predicted molar refractivity (Wildman–Crippen MR) is 32.0 cm³/mol. The van der Waals surface area contributed by atoms with E-state index in [1.54, 1.807) is 12.3 Å². The Kier molecular flexibility index (Phi) is 1.16. The van der Waals surface area contributed by atoms with Gasteiger partial charge in [0.05, 0.1) is 6.54 Å². The standard InChI is InChI=1S/C6H8FN/c1-6(7)3-2-4-8-5-6/h2-4H,5H2,1H3. The zero-order valence-corrected chi connectivity index (χ0v) is 4.76. The van der Waals surface area contributed by atoms with Gasteiger partial charge in [-0.2, -0.15) is 0 Å². The first kappa shape index (κ1) is 5.48. The van der Waals surface area contributed by atoms with Gasteiger partial charge in [0.2, 0.25) is 0 Å². The van der Waals surface area contributed by atoms with Crippen LogP contribution in [0.15, 0.2) is 17.1 Å². The summed E-state index contributed by atoms with van der Waals surface area (Å²) in [5.41, 5.74) is -1.20. The first-order valence-electron chi connectivity index (χ1n) is 2.57. The summed E-state index contributed by atoms with van der Waals surface area (Å²) in [7, 11) is 0. The van der Waals surface area contributed by atoms with Crippen LogP contribution < -0.4 is 0 Å². The molecule has 0 fully saturated rings. The lowest BCUT2D eigenvalue weighted by atomic mass is 10.1. The van der Waals surface area contributed by atoms with E-state index in [1.165, 1.54) is 13.0 Å².